The van der Waals surface area contributed by atoms with Gasteiger partial charge in [-0.3, -0.25) is 0 Å². The Morgan fingerprint density at radius 2 is 2.29 bits per heavy atom. The molecule has 0 amide bonds. The summed E-state index contributed by atoms with van der Waals surface area (Å²) in [6, 6.07) is 7.85. The molecular weight excluding hydrogens is 212 g/mol. The summed E-state index contributed by atoms with van der Waals surface area (Å²) >= 11 is 0. The van der Waals surface area contributed by atoms with E-state index in [2.05, 4.69) is 4.85 Å². The van der Waals surface area contributed by atoms with Crippen molar-refractivity contribution < 1.29 is 4.74 Å². The first-order valence-electron chi connectivity index (χ1n) is 5.48. The third-order valence-corrected chi connectivity index (χ3v) is 3.02. The average molecular weight is 224 g/mol. The van der Waals surface area contributed by atoms with E-state index in [4.69, 9.17) is 16.6 Å². The monoisotopic (exact) mass is 224 g/mol. The highest BCUT2D eigenvalue weighted by atomic mass is 16.5. The van der Waals surface area contributed by atoms with Crippen molar-refractivity contribution in [2.24, 2.45) is 0 Å². The van der Waals surface area contributed by atoms with Gasteiger partial charge in [0.1, 0.15) is 5.75 Å². The van der Waals surface area contributed by atoms with Gasteiger partial charge in [-0.15, -0.1) is 0 Å². The van der Waals surface area contributed by atoms with Crippen molar-refractivity contribution in [3.63, 3.8) is 0 Å². The van der Waals surface area contributed by atoms with Crippen LogP contribution in [0, 0.1) is 17.9 Å². The van der Waals surface area contributed by atoms with Gasteiger partial charge in [-0.05, 0) is 48.1 Å². The lowest BCUT2D eigenvalue weighted by molar-refractivity contribution is 0.414. The molecule has 0 saturated carbocycles. The number of fused-ring (bicyclic) bond motifs is 1. The average Bonchev–Trinajstić information content (AvgIpc) is 2.40. The van der Waals surface area contributed by atoms with E-state index in [9.17, 15) is 0 Å². The summed E-state index contributed by atoms with van der Waals surface area (Å²) in [6.45, 7) is 7.05. The predicted octanol–water partition coefficient (Wildman–Crippen LogP) is 3.19. The van der Waals surface area contributed by atoms with Gasteiger partial charge in [0.25, 0.3) is 5.70 Å². The summed E-state index contributed by atoms with van der Waals surface area (Å²) in [6.07, 6.45) is 2.79. The molecule has 1 aliphatic carbocycles. The van der Waals surface area contributed by atoms with Gasteiger partial charge in [-0.25, -0.2) is 10.1 Å². The van der Waals surface area contributed by atoms with E-state index in [0.717, 1.165) is 36.1 Å². The molecule has 0 heterocycles. The molecule has 0 aromatic heterocycles. The second-order valence-corrected chi connectivity index (χ2v) is 3.93. The molecule has 1 aromatic rings. The van der Waals surface area contributed by atoms with Crippen molar-refractivity contribution in [3.05, 3.63) is 46.4 Å². The van der Waals surface area contributed by atoms with Crippen molar-refractivity contribution in [1.82, 2.24) is 0 Å². The van der Waals surface area contributed by atoms with Crippen molar-refractivity contribution >= 4 is 5.57 Å². The Morgan fingerprint density at radius 1 is 1.47 bits per heavy atom. The second-order valence-electron chi connectivity index (χ2n) is 3.93. The molecule has 0 radical (unpaired) electrons. The number of benzene rings is 1. The van der Waals surface area contributed by atoms with E-state index in [1.54, 1.807) is 7.11 Å². The molecule has 17 heavy (non-hydrogen) atoms. The molecule has 3 nitrogen and oxygen atoms in total. The number of nitrogens with zero attached hydrogens (tertiary/aromatic N) is 2. The van der Waals surface area contributed by atoms with Crippen LogP contribution in [0.3, 0.4) is 0 Å². The second kappa shape index (κ2) is 4.72. The topological polar surface area (TPSA) is 37.4 Å². The van der Waals surface area contributed by atoms with Crippen LogP contribution in [0.2, 0.25) is 0 Å². The highest BCUT2D eigenvalue weighted by Crippen LogP contribution is 2.35. The quantitative estimate of drug-likeness (QED) is 0.542. The molecule has 0 spiro atoms. The smallest absolute Gasteiger partial charge is 0.265 e. The maximum Gasteiger partial charge on any atom is 0.265 e. The Bertz CT molecular complexity index is 543. The minimum Gasteiger partial charge on any atom is -0.497 e. The Kier molecular flexibility index (Phi) is 3.12. The molecule has 1 aliphatic rings. The number of hydrogen-bond donors (Lipinski definition) is 0. The van der Waals surface area contributed by atoms with Gasteiger partial charge in [-0.1, -0.05) is 6.07 Å². The van der Waals surface area contributed by atoms with Crippen LogP contribution in [0.25, 0.3) is 10.4 Å². The number of nitriles is 1. The predicted molar refractivity (Wildman–Crippen MR) is 65.1 cm³/mol. The molecule has 0 fully saturated rings. The number of aryl methyl sites for hydroxylation is 1. The highest BCUT2D eigenvalue weighted by molar-refractivity contribution is 5.77. The summed E-state index contributed by atoms with van der Waals surface area (Å²) < 4.78 is 5.19. The van der Waals surface area contributed by atoms with Crippen molar-refractivity contribution in [2.45, 2.75) is 19.3 Å². The van der Waals surface area contributed by atoms with Gasteiger partial charge in [0.05, 0.1) is 19.8 Å². The number of hydrogen-bond acceptors (Lipinski definition) is 2. The summed E-state index contributed by atoms with van der Waals surface area (Å²) in [5.74, 6) is 0.769. The van der Waals surface area contributed by atoms with Crippen LogP contribution in [0.5, 0.6) is 5.75 Å². The third-order valence-electron chi connectivity index (χ3n) is 3.02. The van der Waals surface area contributed by atoms with Gasteiger partial charge in [0.2, 0.25) is 0 Å². The number of rotatable bonds is 1. The molecule has 84 valence electrons. The number of methoxy groups -OCH3 is 1. The van der Waals surface area contributed by atoms with Gasteiger partial charge in [-0.2, -0.15) is 0 Å². The van der Waals surface area contributed by atoms with E-state index in [0.29, 0.717) is 0 Å². The van der Waals surface area contributed by atoms with E-state index < -0.39 is 0 Å². The zero-order valence-corrected chi connectivity index (χ0v) is 9.66. The zero-order valence-electron chi connectivity index (χ0n) is 9.66. The van der Waals surface area contributed by atoms with E-state index in [1.165, 1.54) is 5.56 Å². The molecule has 0 saturated heterocycles. The molecule has 0 aliphatic heterocycles. The molecule has 3 heteroatoms. The van der Waals surface area contributed by atoms with E-state index >= 15 is 0 Å². The molecule has 2 rings (SSSR count). The summed E-state index contributed by atoms with van der Waals surface area (Å²) in [5.41, 5.74) is 3.27. The van der Waals surface area contributed by atoms with Crippen LogP contribution in [-0.4, -0.2) is 7.11 Å². The van der Waals surface area contributed by atoms with Crippen LogP contribution in [-0.2, 0) is 6.42 Å². The van der Waals surface area contributed by atoms with Crippen molar-refractivity contribution in [3.8, 4) is 11.8 Å². The standard InChI is InChI=1S/C14H12N2O/c1-16-14(9-15)12-5-3-4-10-6-7-11(17-2)8-13(10)12/h6-8H,3-5H2,2H3/b14-12-. The van der Waals surface area contributed by atoms with Crippen LogP contribution in [0.15, 0.2) is 23.9 Å². The van der Waals surface area contributed by atoms with E-state index in [1.807, 2.05) is 24.3 Å². The Morgan fingerprint density at radius 3 is 2.94 bits per heavy atom. The maximum absolute atomic E-state index is 8.98. The first kappa shape index (κ1) is 11.2. The first-order valence-corrected chi connectivity index (χ1v) is 5.48. The first-order chi connectivity index (χ1) is 8.30. The fraction of sp³-hybridized carbons (Fsp3) is 0.286. The van der Waals surface area contributed by atoms with Gasteiger partial charge in [0, 0.05) is 0 Å². The molecule has 0 unspecified atom stereocenters. The summed E-state index contributed by atoms with van der Waals surface area (Å²) in [5, 5.41) is 8.98. The van der Waals surface area contributed by atoms with Gasteiger partial charge >= 0.3 is 0 Å². The lowest BCUT2D eigenvalue weighted by atomic mass is 9.86. The SMILES string of the molecule is [C-]#[N+]/C(C#N)=C1/CCCc2ccc(OC)cc21. The van der Waals surface area contributed by atoms with Crippen LogP contribution in [0.4, 0.5) is 0 Å². The lowest BCUT2D eigenvalue weighted by Crippen LogP contribution is -2.03. The largest absolute Gasteiger partial charge is 0.497 e. The Balaban J connectivity index is 2.62. The fourth-order valence-corrected chi connectivity index (χ4v) is 2.18. The van der Waals surface area contributed by atoms with Crippen molar-refractivity contribution in [1.29, 1.82) is 5.26 Å². The minimum atomic E-state index is 0.208. The van der Waals surface area contributed by atoms with Crippen LogP contribution < -0.4 is 4.74 Å². The van der Waals surface area contributed by atoms with E-state index in [-0.39, 0.29) is 5.70 Å². The zero-order chi connectivity index (χ0) is 12.3. The molecule has 0 atom stereocenters. The van der Waals surface area contributed by atoms with Crippen molar-refractivity contribution in [2.75, 3.05) is 7.11 Å². The van der Waals surface area contributed by atoms with Crippen LogP contribution in [0.1, 0.15) is 24.0 Å². The normalized spacial score (nSPS) is 16.4. The van der Waals surface area contributed by atoms with Crippen LogP contribution >= 0.6 is 0 Å². The maximum atomic E-state index is 8.98. The molecule has 0 bridgehead atoms. The lowest BCUT2D eigenvalue weighted by Gasteiger charge is -2.20. The Labute approximate surface area is 101 Å². The third kappa shape index (κ3) is 2.00. The Hall–Kier alpha value is -2.26. The molecule has 0 N–H and O–H groups in total. The summed E-state index contributed by atoms with van der Waals surface area (Å²) in [4.78, 5) is 3.31. The number of ether oxygens (including phenoxy) is 1. The summed E-state index contributed by atoms with van der Waals surface area (Å²) in [7, 11) is 1.62. The van der Waals surface area contributed by atoms with Gasteiger partial charge in [0.15, 0.2) is 0 Å². The van der Waals surface area contributed by atoms with Gasteiger partial charge < -0.3 is 4.74 Å². The highest BCUT2D eigenvalue weighted by Gasteiger charge is 2.18. The number of allylic oxidation sites excluding steroid dienone is 2. The molecule has 1 aromatic carbocycles. The minimum absolute atomic E-state index is 0.208. The fourth-order valence-electron chi connectivity index (χ4n) is 2.18. The molecular formula is C14H12N2O.